The van der Waals surface area contributed by atoms with Crippen molar-refractivity contribution in [3.63, 3.8) is 0 Å². The molecule has 0 bridgehead atoms. The Balaban J connectivity index is 2.07. The molecule has 1 saturated heterocycles. The maximum atomic E-state index is 13.4. The molecule has 5 atom stereocenters. The van der Waals surface area contributed by atoms with Crippen molar-refractivity contribution in [2.45, 2.75) is 63.3 Å². The van der Waals surface area contributed by atoms with Crippen molar-refractivity contribution in [1.82, 2.24) is 15.6 Å². The Morgan fingerprint density at radius 1 is 1.29 bits per heavy atom. The predicted octanol–water partition coefficient (Wildman–Crippen LogP) is 2.96. The van der Waals surface area contributed by atoms with Crippen LogP contribution in [0.3, 0.4) is 0 Å². The Morgan fingerprint density at radius 2 is 2.03 bits per heavy atom. The molecule has 6 N–H and O–H groups in total. The van der Waals surface area contributed by atoms with E-state index in [4.69, 9.17) is 34.0 Å². The summed E-state index contributed by atoms with van der Waals surface area (Å²) >= 11 is 12.4. The highest BCUT2D eigenvalue weighted by Crippen LogP contribution is 2.48. The molecule has 5 unspecified atom stereocenters. The van der Waals surface area contributed by atoms with Gasteiger partial charge in [-0.05, 0) is 47.6 Å². The van der Waals surface area contributed by atoms with Crippen LogP contribution in [-0.2, 0) is 10.3 Å². The lowest BCUT2D eigenvalue weighted by Crippen LogP contribution is -2.51. The average Bonchev–Trinajstić information content (AvgIpc) is 3.05. The summed E-state index contributed by atoms with van der Waals surface area (Å²) in [7, 11) is 0. The van der Waals surface area contributed by atoms with Crippen molar-refractivity contribution < 1.29 is 15.0 Å². The quantitative estimate of drug-likeness (QED) is 0.349. The van der Waals surface area contributed by atoms with Crippen LogP contribution in [0.1, 0.15) is 50.7 Å². The highest BCUT2D eigenvalue weighted by atomic mass is 35.5. The molecule has 0 aliphatic carbocycles. The minimum atomic E-state index is -0.984. The average molecular weight is 509 g/mol. The lowest BCUT2D eigenvalue weighted by molar-refractivity contribution is -0.123. The topological polar surface area (TPSA) is 120 Å². The van der Waals surface area contributed by atoms with Crippen LogP contribution in [-0.4, -0.2) is 52.4 Å². The molecule has 1 aliphatic heterocycles. The molecule has 1 aromatic heterocycles. The molecule has 1 aromatic carbocycles. The minimum absolute atomic E-state index is 0.0718. The molecule has 1 amide bonds. The Bertz CT molecular complexity index is 983. The standard InChI is InChI=1S/C25H34Cl2N4O3/c1-24(2,3)12-19-25(28,16-7-8-20(27)30-13-16)21(15-5-4-6-17(26)11-15)22(31-19)23(34)29-10-9-18(33)14-32/h4-8,11,13,18-19,21-22,31-33H,9-10,12,14,28H2,1-3H3,(H,29,34). The summed E-state index contributed by atoms with van der Waals surface area (Å²) in [6, 6.07) is 10.1. The number of aliphatic hydroxyl groups excluding tert-OH is 2. The number of nitrogens with two attached hydrogens (primary N) is 1. The third-order valence-corrected chi connectivity index (χ3v) is 6.79. The molecule has 2 heterocycles. The third-order valence-electron chi connectivity index (χ3n) is 6.33. The van der Waals surface area contributed by atoms with Gasteiger partial charge in [0.2, 0.25) is 5.91 Å². The molecule has 2 aromatic rings. The molecule has 186 valence electrons. The molecule has 0 radical (unpaired) electrons. The van der Waals surface area contributed by atoms with Gasteiger partial charge in [0.05, 0.1) is 24.3 Å². The smallest absolute Gasteiger partial charge is 0.237 e. The van der Waals surface area contributed by atoms with E-state index in [1.807, 2.05) is 24.3 Å². The lowest BCUT2D eigenvalue weighted by atomic mass is 9.69. The summed E-state index contributed by atoms with van der Waals surface area (Å²) in [6.07, 6.45) is 1.74. The number of benzene rings is 1. The number of amides is 1. The van der Waals surface area contributed by atoms with E-state index in [0.29, 0.717) is 16.6 Å². The monoisotopic (exact) mass is 508 g/mol. The van der Waals surface area contributed by atoms with E-state index in [1.165, 1.54) is 0 Å². The Morgan fingerprint density at radius 3 is 2.62 bits per heavy atom. The zero-order valence-electron chi connectivity index (χ0n) is 19.8. The minimum Gasteiger partial charge on any atom is -0.394 e. The van der Waals surface area contributed by atoms with E-state index in [9.17, 15) is 9.90 Å². The fourth-order valence-corrected chi connectivity index (χ4v) is 5.07. The molecule has 3 rings (SSSR count). The number of aliphatic hydroxyl groups is 2. The molecule has 0 spiro atoms. The molecular weight excluding hydrogens is 475 g/mol. The largest absolute Gasteiger partial charge is 0.394 e. The van der Waals surface area contributed by atoms with Crippen molar-refractivity contribution in [3.8, 4) is 0 Å². The van der Waals surface area contributed by atoms with Crippen molar-refractivity contribution in [3.05, 3.63) is 63.9 Å². The molecule has 9 heteroatoms. The van der Waals surface area contributed by atoms with Gasteiger partial charge >= 0.3 is 0 Å². The van der Waals surface area contributed by atoms with Gasteiger partial charge < -0.3 is 26.6 Å². The maximum Gasteiger partial charge on any atom is 0.237 e. The van der Waals surface area contributed by atoms with Crippen LogP contribution >= 0.6 is 23.2 Å². The van der Waals surface area contributed by atoms with E-state index in [0.717, 1.165) is 11.1 Å². The first-order valence-corrected chi connectivity index (χ1v) is 12.2. The first kappa shape index (κ1) is 26.9. The zero-order chi connectivity index (χ0) is 25.1. The summed E-state index contributed by atoms with van der Waals surface area (Å²) in [6.45, 7) is 6.27. The van der Waals surface area contributed by atoms with Gasteiger partial charge in [-0.3, -0.25) is 4.79 Å². The van der Waals surface area contributed by atoms with Crippen molar-refractivity contribution >= 4 is 29.1 Å². The van der Waals surface area contributed by atoms with Gasteiger partial charge in [0.15, 0.2) is 0 Å². The SMILES string of the molecule is CC(C)(C)CC1NC(C(=O)NCCC(O)CO)C(c2cccc(Cl)c2)C1(N)c1ccc(Cl)nc1. The summed E-state index contributed by atoms with van der Waals surface area (Å²) in [5, 5.41) is 26.0. The Kier molecular flexibility index (Phi) is 8.61. The maximum absolute atomic E-state index is 13.4. The molecule has 7 nitrogen and oxygen atoms in total. The second kappa shape index (κ2) is 10.9. The highest BCUT2D eigenvalue weighted by Gasteiger charge is 2.57. The van der Waals surface area contributed by atoms with Crippen LogP contribution in [0.4, 0.5) is 0 Å². The van der Waals surface area contributed by atoms with Gasteiger partial charge in [-0.15, -0.1) is 0 Å². The number of hydrogen-bond acceptors (Lipinski definition) is 6. The third kappa shape index (κ3) is 6.08. The van der Waals surface area contributed by atoms with Gasteiger partial charge in [-0.25, -0.2) is 4.98 Å². The van der Waals surface area contributed by atoms with E-state index >= 15 is 0 Å². The van der Waals surface area contributed by atoms with Crippen LogP contribution in [0, 0.1) is 5.41 Å². The van der Waals surface area contributed by atoms with E-state index in [-0.39, 0.29) is 36.9 Å². The number of nitrogens with one attached hydrogen (secondary N) is 2. The molecular formula is C25H34Cl2N4O3. The van der Waals surface area contributed by atoms with E-state index in [2.05, 4.69) is 36.4 Å². The molecule has 1 aliphatic rings. The van der Waals surface area contributed by atoms with E-state index < -0.39 is 23.6 Å². The number of pyridine rings is 1. The first-order chi connectivity index (χ1) is 16.0. The van der Waals surface area contributed by atoms with Crippen molar-refractivity contribution in [2.75, 3.05) is 13.2 Å². The molecule has 1 fully saturated rings. The van der Waals surface area contributed by atoms with Crippen molar-refractivity contribution in [1.29, 1.82) is 0 Å². The normalized spacial score (nSPS) is 25.8. The number of hydrogen-bond donors (Lipinski definition) is 5. The number of carbonyl (C=O) groups excluding carboxylic acids is 1. The Hall–Kier alpha value is -1.74. The van der Waals surface area contributed by atoms with Gasteiger partial charge in [-0.1, -0.05) is 62.2 Å². The van der Waals surface area contributed by atoms with Gasteiger partial charge in [-0.2, -0.15) is 0 Å². The van der Waals surface area contributed by atoms with Crippen LogP contribution in [0.25, 0.3) is 0 Å². The summed E-state index contributed by atoms with van der Waals surface area (Å²) < 4.78 is 0. The molecule has 34 heavy (non-hydrogen) atoms. The number of halogens is 2. The second-order valence-corrected chi connectivity index (χ2v) is 11.0. The summed E-state index contributed by atoms with van der Waals surface area (Å²) in [4.78, 5) is 17.7. The summed E-state index contributed by atoms with van der Waals surface area (Å²) in [5.74, 6) is -0.687. The number of carbonyl (C=O) groups is 1. The number of nitrogens with zero attached hydrogens (tertiary/aromatic N) is 1. The first-order valence-electron chi connectivity index (χ1n) is 11.4. The van der Waals surface area contributed by atoms with Crippen molar-refractivity contribution in [2.24, 2.45) is 11.1 Å². The predicted molar refractivity (Wildman–Crippen MR) is 135 cm³/mol. The van der Waals surface area contributed by atoms with Crippen LogP contribution in [0.15, 0.2) is 42.6 Å². The van der Waals surface area contributed by atoms with Crippen LogP contribution in [0.2, 0.25) is 10.2 Å². The van der Waals surface area contributed by atoms with Gasteiger partial charge in [0.1, 0.15) is 5.15 Å². The van der Waals surface area contributed by atoms with Gasteiger partial charge in [0, 0.05) is 29.7 Å². The van der Waals surface area contributed by atoms with E-state index in [1.54, 1.807) is 18.3 Å². The van der Waals surface area contributed by atoms with Gasteiger partial charge in [0.25, 0.3) is 0 Å². The lowest BCUT2D eigenvalue weighted by Gasteiger charge is -2.39. The molecule has 0 saturated carbocycles. The van der Waals surface area contributed by atoms with Crippen LogP contribution < -0.4 is 16.4 Å². The zero-order valence-corrected chi connectivity index (χ0v) is 21.3. The number of aromatic nitrogens is 1. The Labute approximate surface area is 211 Å². The van der Waals surface area contributed by atoms with Crippen LogP contribution in [0.5, 0.6) is 0 Å². The highest BCUT2D eigenvalue weighted by molar-refractivity contribution is 6.30. The number of rotatable bonds is 8. The second-order valence-electron chi connectivity index (χ2n) is 10.2. The summed E-state index contributed by atoms with van der Waals surface area (Å²) in [5.41, 5.74) is 7.85. The fourth-order valence-electron chi connectivity index (χ4n) is 4.75. The fraction of sp³-hybridized carbons (Fsp3) is 0.520.